The van der Waals surface area contributed by atoms with E-state index in [0.29, 0.717) is 18.0 Å². The lowest BCUT2D eigenvalue weighted by Crippen LogP contribution is -2.38. The van der Waals surface area contributed by atoms with E-state index in [2.05, 4.69) is 10.0 Å². The molecule has 7 heteroatoms. The van der Waals surface area contributed by atoms with Crippen molar-refractivity contribution in [1.29, 1.82) is 0 Å². The van der Waals surface area contributed by atoms with E-state index < -0.39 is 15.3 Å². The van der Waals surface area contributed by atoms with Gasteiger partial charge in [-0.2, -0.15) is 0 Å². The smallest absolute Gasteiger partial charge is 0.215 e. The third kappa shape index (κ3) is 5.18. The molecule has 0 spiro atoms. The van der Waals surface area contributed by atoms with Gasteiger partial charge in [-0.15, -0.1) is 0 Å². The van der Waals surface area contributed by atoms with Gasteiger partial charge in [0.1, 0.15) is 0 Å². The number of methoxy groups -OCH3 is 2. The summed E-state index contributed by atoms with van der Waals surface area (Å²) < 4.78 is 37.1. The highest BCUT2D eigenvalue weighted by molar-refractivity contribution is 7.90. The zero-order valence-corrected chi connectivity index (χ0v) is 13.8. The van der Waals surface area contributed by atoms with Crippen LogP contribution in [0, 0.1) is 0 Å². The number of hydrogen-bond acceptors (Lipinski definition) is 5. The molecule has 0 aliphatic carbocycles. The first-order valence-electron chi connectivity index (χ1n) is 6.84. The minimum atomic E-state index is -3.35. The predicted octanol–water partition coefficient (Wildman–Crippen LogP) is 1.12. The number of benzene rings is 1. The summed E-state index contributed by atoms with van der Waals surface area (Å²) in [6.07, 6.45) is 0. The van der Waals surface area contributed by atoms with Crippen molar-refractivity contribution < 1.29 is 17.9 Å². The van der Waals surface area contributed by atoms with Crippen LogP contribution >= 0.6 is 0 Å². The fraction of sp³-hybridized carbons (Fsp3) is 0.571. The lowest BCUT2D eigenvalue weighted by atomic mass is 10.2. The summed E-state index contributed by atoms with van der Waals surface area (Å²) in [4.78, 5) is 0. The van der Waals surface area contributed by atoms with Crippen LogP contribution in [0.4, 0.5) is 0 Å². The first-order chi connectivity index (χ1) is 9.94. The average molecular weight is 316 g/mol. The van der Waals surface area contributed by atoms with Gasteiger partial charge in [-0.25, -0.2) is 13.1 Å². The van der Waals surface area contributed by atoms with Gasteiger partial charge in [0.2, 0.25) is 10.0 Å². The first-order valence-corrected chi connectivity index (χ1v) is 8.39. The third-order valence-corrected chi connectivity index (χ3v) is 4.91. The quantitative estimate of drug-likeness (QED) is 0.714. The van der Waals surface area contributed by atoms with Crippen molar-refractivity contribution in [2.24, 2.45) is 0 Å². The molecule has 0 aliphatic heterocycles. The van der Waals surface area contributed by atoms with Crippen LogP contribution in [0.3, 0.4) is 0 Å². The molecule has 0 fully saturated rings. The molecule has 2 N–H and O–H groups in total. The van der Waals surface area contributed by atoms with Gasteiger partial charge in [-0.05, 0) is 31.2 Å². The van der Waals surface area contributed by atoms with Crippen LogP contribution in [0.2, 0.25) is 0 Å². The van der Waals surface area contributed by atoms with Gasteiger partial charge in [-0.1, -0.05) is 13.0 Å². The van der Waals surface area contributed by atoms with Crippen molar-refractivity contribution in [3.05, 3.63) is 23.8 Å². The third-order valence-electron chi connectivity index (χ3n) is 3.14. The van der Waals surface area contributed by atoms with Crippen molar-refractivity contribution in [1.82, 2.24) is 10.0 Å². The van der Waals surface area contributed by atoms with E-state index in [1.165, 1.54) is 0 Å². The number of hydrogen-bond donors (Lipinski definition) is 2. The van der Waals surface area contributed by atoms with Crippen LogP contribution in [-0.2, 0) is 16.6 Å². The molecule has 6 nitrogen and oxygen atoms in total. The summed E-state index contributed by atoms with van der Waals surface area (Å²) in [5.74, 6) is 1.19. The minimum Gasteiger partial charge on any atom is -0.493 e. The Kier molecular flexibility index (Phi) is 6.94. The molecule has 1 aromatic rings. The molecule has 1 unspecified atom stereocenters. The van der Waals surface area contributed by atoms with Crippen molar-refractivity contribution in [3.8, 4) is 11.5 Å². The molecule has 21 heavy (non-hydrogen) atoms. The lowest BCUT2D eigenvalue weighted by molar-refractivity contribution is 0.354. The summed E-state index contributed by atoms with van der Waals surface area (Å²) in [5.41, 5.74) is 0.812. The SMILES string of the molecule is CCNCC(C)S(=O)(=O)NCc1ccc(OC)c(OC)c1. The predicted molar refractivity (Wildman–Crippen MR) is 83.3 cm³/mol. The Morgan fingerprint density at radius 3 is 2.43 bits per heavy atom. The first kappa shape index (κ1) is 17.7. The van der Waals surface area contributed by atoms with E-state index in [1.807, 2.05) is 6.92 Å². The van der Waals surface area contributed by atoms with Crippen molar-refractivity contribution >= 4 is 10.0 Å². The van der Waals surface area contributed by atoms with E-state index in [4.69, 9.17) is 9.47 Å². The topological polar surface area (TPSA) is 76.7 Å². The van der Waals surface area contributed by atoms with Gasteiger partial charge >= 0.3 is 0 Å². The molecule has 1 atom stereocenters. The maximum Gasteiger partial charge on any atom is 0.215 e. The summed E-state index contributed by atoms with van der Waals surface area (Å²) in [6.45, 7) is 5.02. The summed E-state index contributed by atoms with van der Waals surface area (Å²) in [6, 6.07) is 5.32. The Morgan fingerprint density at radius 1 is 1.19 bits per heavy atom. The fourth-order valence-corrected chi connectivity index (χ4v) is 2.76. The molecule has 0 heterocycles. The van der Waals surface area contributed by atoms with Crippen molar-refractivity contribution in [2.45, 2.75) is 25.6 Å². The Balaban J connectivity index is 2.70. The lowest BCUT2D eigenvalue weighted by Gasteiger charge is -2.15. The van der Waals surface area contributed by atoms with Gasteiger partial charge in [0, 0.05) is 13.1 Å². The number of rotatable bonds is 9. The second-order valence-corrected chi connectivity index (χ2v) is 6.86. The van der Waals surface area contributed by atoms with E-state index >= 15 is 0 Å². The molecule has 1 rings (SSSR count). The number of ether oxygens (including phenoxy) is 2. The van der Waals surface area contributed by atoms with E-state index in [1.54, 1.807) is 39.3 Å². The molecule has 0 aliphatic rings. The Bertz CT molecular complexity index is 546. The molecule has 120 valence electrons. The molecule has 0 aromatic heterocycles. The molecule has 1 aromatic carbocycles. The molecular formula is C14H24N2O4S. The van der Waals surface area contributed by atoms with Crippen LogP contribution in [0.1, 0.15) is 19.4 Å². The average Bonchev–Trinajstić information content (AvgIpc) is 2.50. The van der Waals surface area contributed by atoms with Crippen LogP contribution < -0.4 is 19.5 Å². The zero-order chi connectivity index (χ0) is 15.9. The van der Waals surface area contributed by atoms with Crippen LogP contribution in [0.25, 0.3) is 0 Å². The van der Waals surface area contributed by atoms with Gasteiger partial charge < -0.3 is 14.8 Å². The monoisotopic (exact) mass is 316 g/mol. The molecule has 0 bridgehead atoms. The number of sulfonamides is 1. The Morgan fingerprint density at radius 2 is 1.86 bits per heavy atom. The Labute approximate surface area is 126 Å². The maximum atomic E-state index is 12.1. The minimum absolute atomic E-state index is 0.221. The summed E-state index contributed by atoms with van der Waals surface area (Å²) >= 11 is 0. The van der Waals surface area contributed by atoms with Gasteiger partial charge in [-0.3, -0.25) is 0 Å². The van der Waals surface area contributed by atoms with Gasteiger partial charge in [0.15, 0.2) is 11.5 Å². The van der Waals surface area contributed by atoms with E-state index in [-0.39, 0.29) is 6.54 Å². The van der Waals surface area contributed by atoms with E-state index in [9.17, 15) is 8.42 Å². The molecular weight excluding hydrogens is 292 g/mol. The Hall–Kier alpha value is -1.31. The van der Waals surface area contributed by atoms with Crippen LogP contribution in [0.5, 0.6) is 11.5 Å². The molecule has 0 amide bonds. The second-order valence-electron chi connectivity index (χ2n) is 4.67. The van der Waals surface area contributed by atoms with Gasteiger partial charge in [0.05, 0.1) is 19.5 Å². The van der Waals surface area contributed by atoms with E-state index in [0.717, 1.165) is 12.1 Å². The van der Waals surface area contributed by atoms with Crippen molar-refractivity contribution in [2.75, 3.05) is 27.3 Å². The zero-order valence-electron chi connectivity index (χ0n) is 13.0. The molecule has 0 saturated heterocycles. The largest absolute Gasteiger partial charge is 0.493 e. The highest BCUT2D eigenvalue weighted by atomic mass is 32.2. The molecule has 0 saturated carbocycles. The van der Waals surface area contributed by atoms with Crippen LogP contribution in [-0.4, -0.2) is 41.0 Å². The highest BCUT2D eigenvalue weighted by Crippen LogP contribution is 2.27. The standard InChI is InChI=1S/C14H24N2O4S/c1-5-15-9-11(2)21(17,18)16-10-12-6-7-13(19-3)14(8-12)20-4/h6-8,11,15-16H,5,9-10H2,1-4H3. The summed E-state index contributed by atoms with van der Waals surface area (Å²) in [7, 11) is -0.246. The number of nitrogens with one attached hydrogen (secondary N) is 2. The van der Waals surface area contributed by atoms with Crippen molar-refractivity contribution in [3.63, 3.8) is 0 Å². The fourth-order valence-electron chi connectivity index (χ4n) is 1.77. The highest BCUT2D eigenvalue weighted by Gasteiger charge is 2.19. The normalized spacial score (nSPS) is 13.0. The molecule has 0 radical (unpaired) electrons. The van der Waals surface area contributed by atoms with Crippen LogP contribution in [0.15, 0.2) is 18.2 Å². The maximum absolute atomic E-state index is 12.1. The van der Waals surface area contributed by atoms with Gasteiger partial charge in [0.25, 0.3) is 0 Å². The summed E-state index contributed by atoms with van der Waals surface area (Å²) in [5, 5.41) is 2.54. The second kappa shape index (κ2) is 8.21.